The molecule has 0 spiro atoms. The lowest BCUT2D eigenvalue weighted by atomic mass is 9.93. The minimum atomic E-state index is -0.141. The molecule has 0 aromatic heterocycles. The summed E-state index contributed by atoms with van der Waals surface area (Å²) >= 11 is 0. The second-order valence-electron chi connectivity index (χ2n) is 3.74. The highest BCUT2D eigenvalue weighted by Crippen LogP contribution is 2.39. The Balaban J connectivity index is 2.31. The largest absolute Gasteiger partial charge is 0.488 e. The number of rotatable bonds is 1. The number of ether oxygens (including phenoxy) is 1. The van der Waals surface area contributed by atoms with Gasteiger partial charge in [0.15, 0.2) is 0 Å². The number of allylic oxidation sites excluding steroid dienone is 1. The van der Waals surface area contributed by atoms with Crippen molar-refractivity contribution in [3.63, 3.8) is 0 Å². The van der Waals surface area contributed by atoms with Crippen LogP contribution in [0.1, 0.15) is 25.3 Å². The molecule has 1 atom stereocenters. The van der Waals surface area contributed by atoms with Gasteiger partial charge in [-0.05, 0) is 18.9 Å². The fourth-order valence-electron chi connectivity index (χ4n) is 1.79. The molecule has 68 valence electrons. The van der Waals surface area contributed by atoms with Crippen LogP contribution >= 0.6 is 0 Å². The third-order valence-electron chi connectivity index (χ3n) is 2.63. The van der Waals surface area contributed by atoms with Gasteiger partial charge in [0.05, 0.1) is 5.76 Å². The quantitative estimate of drug-likeness (QED) is 0.635. The van der Waals surface area contributed by atoms with Gasteiger partial charge in [0.2, 0.25) is 0 Å². The second kappa shape index (κ2) is 2.91. The first-order valence-corrected chi connectivity index (χ1v) is 4.63. The summed E-state index contributed by atoms with van der Waals surface area (Å²) in [6, 6.07) is 10.3. The van der Waals surface area contributed by atoms with Gasteiger partial charge in [-0.2, -0.15) is 0 Å². The van der Waals surface area contributed by atoms with E-state index in [-0.39, 0.29) is 5.60 Å². The van der Waals surface area contributed by atoms with Crippen LogP contribution in [-0.2, 0) is 10.3 Å². The molecule has 1 unspecified atom stereocenters. The van der Waals surface area contributed by atoms with Crippen LogP contribution < -0.4 is 0 Å². The van der Waals surface area contributed by atoms with Gasteiger partial charge in [0.1, 0.15) is 5.60 Å². The van der Waals surface area contributed by atoms with Crippen LogP contribution in [0.4, 0.5) is 0 Å². The molecule has 1 aromatic rings. The molecular formula is C12H14O. The monoisotopic (exact) mass is 174 g/mol. The van der Waals surface area contributed by atoms with Crippen LogP contribution in [0.3, 0.4) is 0 Å². The Morgan fingerprint density at radius 3 is 2.54 bits per heavy atom. The fourth-order valence-corrected chi connectivity index (χ4v) is 1.79. The molecule has 0 amide bonds. The van der Waals surface area contributed by atoms with E-state index in [9.17, 15) is 0 Å². The van der Waals surface area contributed by atoms with Crippen LogP contribution in [-0.4, -0.2) is 0 Å². The summed E-state index contributed by atoms with van der Waals surface area (Å²) in [5.41, 5.74) is 1.10. The molecule has 1 nitrogen and oxygen atoms in total. The molecule has 1 aliphatic rings. The Hall–Kier alpha value is -1.24. The second-order valence-corrected chi connectivity index (χ2v) is 3.74. The van der Waals surface area contributed by atoms with Gasteiger partial charge in [-0.1, -0.05) is 36.9 Å². The van der Waals surface area contributed by atoms with Crippen molar-refractivity contribution in [2.24, 2.45) is 0 Å². The van der Waals surface area contributed by atoms with E-state index >= 15 is 0 Å². The lowest BCUT2D eigenvalue weighted by molar-refractivity contribution is 0.0560. The zero-order valence-corrected chi connectivity index (χ0v) is 7.92. The summed E-state index contributed by atoms with van der Waals surface area (Å²) in [6.45, 7) is 5.98. The zero-order chi connectivity index (χ0) is 9.31. The number of benzene rings is 1. The summed E-state index contributed by atoms with van der Waals surface area (Å²) < 4.78 is 5.74. The van der Waals surface area contributed by atoms with Crippen LogP contribution in [0.15, 0.2) is 42.7 Å². The Labute approximate surface area is 79.0 Å². The van der Waals surface area contributed by atoms with E-state index in [4.69, 9.17) is 4.74 Å². The van der Waals surface area contributed by atoms with E-state index in [1.807, 2.05) is 18.2 Å². The van der Waals surface area contributed by atoms with E-state index in [2.05, 4.69) is 25.6 Å². The van der Waals surface area contributed by atoms with Crippen LogP contribution in [0.25, 0.3) is 0 Å². The summed E-state index contributed by atoms with van der Waals surface area (Å²) in [7, 11) is 0. The lowest BCUT2D eigenvalue weighted by Crippen LogP contribution is -2.18. The van der Waals surface area contributed by atoms with E-state index in [0.717, 1.165) is 18.6 Å². The molecule has 0 N–H and O–H groups in total. The van der Waals surface area contributed by atoms with Gasteiger partial charge in [-0.15, -0.1) is 0 Å². The number of hydrogen-bond donors (Lipinski definition) is 0. The molecular weight excluding hydrogens is 160 g/mol. The van der Waals surface area contributed by atoms with E-state index in [1.165, 1.54) is 5.56 Å². The van der Waals surface area contributed by atoms with Crippen LogP contribution in [0, 0.1) is 0 Å². The van der Waals surface area contributed by atoms with Gasteiger partial charge in [-0.3, -0.25) is 0 Å². The van der Waals surface area contributed by atoms with Crippen molar-refractivity contribution < 1.29 is 4.74 Å². The van der Waals surface area contributed by atoms with E-state index in [1.54, 1.807) is 0 Å². The Kier molecular flexibility index (Phi) is 1.87. The first-order valence-electron chi connectivity index (χ1n) is 4.63. The van der Waals surface area contributed by atoms with Crippen molar-refractivity contribution in [1.29, 1.82) is 0 Å². The predicted octanol–water partition coefficient (Wildman–Crippen LogP) is 3.23. The zero-order valence-electron chi connectivity index (χ0n) is 7.92. The third-order valence-corrected chi connectivity index (χ3v) is 2.63. The highest BCUT2D eigenvalue weighted by Gasteiger charge is 2.34. The molecule has 0 saturated carbocycles. The maximum absolute atomic E-state index is 5.74. The fraction of sp³-hybridized carbons (Fsp3) is 0.333. The van der Waals surface area contributed by atoms with Crippen molar-refractivity contribution in [1.82, 2.24) is 0 Å². The van der Waals surface area contributed by atoms with Crippen molar-refractivity contribution in [3.05, 3.63) is 48.2 Å². The summed E-state index contributed by atoms with van der Waals surface area (Å²) in [6.07, 6.45) is 2.02. The summed E-state index contributed by atoms with van der Waals surface area (Å²) in [5, 5.41) is 0. The molecule has 1 fully saturated rings. The highest BCUT2D eigenvalue weighted by molar-refractivity contribution is 5.24. The van der Waals surface area contributed by atoms with Gasteiger partial charge in [0, 0.05) is 6.42 Å². The topological polar surface area (TPSA) is 9.23 Å². The van der Waals surface area contributed by atoms with E-state index in [0.29, 0.717) is 0 Å². The molecule has 0 bridgehead atoms. The van der Waals surface area contributed by atoms with Gasteiger partial charge in [0.25, 0.3) is 0 Å². The molecule has 1 heteroatoms. The average molecular weight is 174 g/mol. The molecule has 0 radical (unpaired) electrons. The van der Waals surface area contributed by atoms with Crippen LogP contribution in [0.2, 0.25) is 0 Å². The molecule has 0 aliphatic carbocycles. The first kappa shape index (κ1) is 8.36. The summed E-state index contributed by atoms with van der Waals surface area (Å²) in [4.78, 5) is 0. The molecule has 1 heterocycles. The van der Waals surface area contributed by atoms with Gasteiger partial charge >= 0.3 is 0 Å². The molecule has 1 aromatic carbocycles. The van der Waals surface area contributed by atoms with Crippen molar-refractivity contribution >= 4 is 0 Å². The van der Waals surface area contributed by atoms with Crippen molar-refractivity contribution in [2.75, 3.05) is 0 Å². The first-order chi connectivity index (χ1) is 6.21. The van der Waals surface area contributed by atoms with E-state index < -0.39 is 0 Å². The Morgan fingerprint density at radius 2 is 2.00 bits per heavy atom. The normalized spacial score (nSPS) is 27.3. The average Bonchev–Trinajstić information content (AvgIpc) is 2.49. The maximum atomic E-state index is 5.74. The summed E-state index contributed by atoms with van der Waals surface area (Å²) in [5.74, 6) is 0.909. The smallest absolute Gasteiger partial charge is 0.131 e. The standard InChI is InChI=1S/C12H14O/c1-10-8-9-12(2,13-10)11-6-4-3-5-7-11/h3-7H,1,8-9H2,2H3. The lowest BCUT2D eigenvalue weighted by Gasteiger charge is -2.24. The van der Waals surface area contributed by atoms with Gasteiger partial charge in [-0.25, -0.2) is 0 Å². The maximum Gasteiger partial charge on any atom is 0.131 e. The third kappa shape index (κ3) is 1.46. The molecule has 13 heavy (non-hydrogen) atoms. The van der Waals surface area contributed by atoms with Crippen LogP contribution in [0.5, 0.6) is 0 Å². The van der Waals surface area contributed by atoms with Crippen molar-refractivity contribution in [2.45, 2.75) is 25.4 Å². The molecule has 2 rings (SSSR count). The minimum Gasteiger partial charge on any atom is -0.488 e. The predicted molar refractivity (Wildman–Crippen MR) is 53.3 cm³/mol. The Bertz CT molecular complexity index is 315. The minimum absolute atomic E-state index is 0.141. The van der Waals surface area contributed by atoms with Crippen molar-refractivity contribution in [3.8, 4) is 0 Å². The molecule has 1 saturated heterocycles. The Morgan fingerprint density at radius 1 is 1.31 bits per heavy atom. The highest BCUT2D eigenvalue weighted by atomic mass is 16.5. The van der Waals surface area contributed by atoms with Gasteiger partial charge < -0.3 is 4.74 Å². The number of hydrogen-bond acceptors (Lipinski definition) is 1. The SMILES string of the molecule is C=C1CCC(C)(c2ccccc2)O1. The molecule has 1 aliphatic heterocycles.